The molecular formula is C14H13F3N6O. The second-order valence-electron chi connectivity index (χ2n) is 5.48. The molecule has 2 aromatic rings. The van der Waals surface area contributed by atoms with Crippen LogP contribution in [0.25, 0.3) is 0 Å². The second-order valence-corrected chi connectivity index (χ2v) is 5.48. The van der Waals surface area contributed by atoms with E-state index in [0.717, 1.165) is 6.20 Å². The maximum Gasteiger partial charge on any atom is 0.419 e. The van der Waals surface area contributed by atoms with Crippen molar-refractivity contribution >= 4 is 11.6 Å². The highest BCUT2D eigenvalue weighted by atomic mass is 19.4. The van der Waals surface area contributed by atoms with Gasteiger partial charge in [-0.2, -0.15) is 23.5 Å². The van der Waals surface area contributed by atoms with Crippen molar-refractivity contribution in [1.29, 1.82) is 5.26 Å². The summed E-state index contributed by atoms with van der Waals surface area (Å²) in [6.07, 6.45) is -2.40. The summed E-state index contributed by atoms with van der Waals surface area (Å²) in [5.74, 6) is -0.151. The SMILES string of the molecule is Cc1ncn(C(C)(C)C(=O)Nc2cnc(C#N)c(C(F)(F)F)c2)n1. The van der Waals surface area contributed by atoms with Crippen LogP contribution < -0.4 is 5.32 Å². The molecule has 2 heterocycles. The molecule has 7 nitrogen and oxygen atoms in total. The molecule has 2 rings (SSSR count). The number of halogens is 3. The van der Waals surface area contributed by atoms with Gasteiger partial charge in [0.1, 0.15) is 23.8 Å². The Hall–Kier alpha value is -2.96. The van der Waals surface area contributed by atoms with E-state index in [0.29, 0.717) is 11.9 Å². The van der Waals surface area contributed by atoms with Crippen molar-refractivity contribution in [2.45, 2.75) is 32.5 Å². The standard InChI is InChI=1S/C14H13F3N6O/c1-8-20-7-23(22-8)13(2,3)12(24)21-9-4-10(14(15,16)17)11(5-18)19-6-9/h4,6-7H,1-3H3,(H,21,24). The van der Waals surface area contributed by atoms with Crippen molar-refractivity contribution < 1.29 is 18.0 Å². The third kappa shape index (κ3) is 3.34. The van der Waals surface area contributed by atoms with E-state index in [9.17, 15) is 18.0 Å². The zero-order valence-corrected chi connectivity index (χ0v) is 13.0. The van der Waals surface area contributed by atoms with Crippen molar-refractivity contribution in [3.05, 3.63) is 35.7 Å². The molecule has 0 radical (unpaired) electrons. The molecule has 0 aliphatic carbocycles. The number of carbonyl (C=O) groups is 1. The fourth-order valence-corrected chi connectivity index (χ4v) is 1.84. The van der Waals surface area contributed by atoms with Crippen molar-refractivity contribution in [2.75, 3.05) is 5.32 Å². The predicted molar refractivity (Wildman–Crippen MR) is 76.7 cm³/mol. The molecular weight excluding hydrogens is 325 g/mol. The van der Waals surface area contributed by atoms with Crippen molar-refractivity contribution in [3.63, 3.8) is 0 Å². The van der Waals surface area contributed by atoms with Gasteiger partial charge in [0.25, 0.3) is 5.91 Å². The number of hydrogen-bond donors (Lipinski definition) is 1. The third-order valence-electron chi connectivity index (χ3n) is 3.29. The summed E-state index contributed by atoms with van der Waals surface area (Å²) >= 11 is 0. The smallest absolute Gasteiger partial charge is 0.323 e. The number of amides is 1. The molecule has 0 atom stereocenters. The Labute approximate surface area is 135 Å². The van der Waals surface area contributed by atoms with Gasteiger partial charge in [0.05, 0.1) is 17.4 Å². The molecule has 0 unspecified atom stereocenters. The highest BCUT2D eigenvalue weighted by Crippen LogP contribution is 2.32. The van der Waals surface area contributed by atoms with Crippen LogP contribution in [0.3, 0.4) is 0 Å². The minimum absolute atomic E-state index is 0.170. The summed E-state index contributed by atoms with van der Waals surface area (Å²) in [5, 5.41) is 15.1. The highest BCUT2D eigenvalue weighted by Gasteiger charge is 2.36. The molecule has 0 spiro atoms. The van der Waals surface area contributed by atoms with Gasteiger partial charge in [-0.05, 0) is 26.8 Å². The highest BCUT2D eigenvalue weighted by molar-refractivity contribution is 5.96. The zero-order valence-electron chi connectivity index (χ0n) is 13.0. The Morgan fingerprint density at radius 3 is 2.50 bits per heavy atom. The van der Waals surface area contributed by atoms with Gasteiger partial charge in [-0.3, -0.25) is 4.79 Å². The van der Waals surface area contributed by atoms with Gasteiger partial charge in [0, 0.05) is 0 Å². The number of aryl methyl sites for hydroxylation is 1. The van der Waals surface area contributed by atoms with E-state index >= 15 is 0 Å². The lowest BCUT2D eigenvalue weighted by molar-refractivity contribution is -0.138. The summed E-state index contributed by atoms with van der Waals surface area (Å²) in [5.41, 5.74) is -3.33. The van der Waals surface area contributed by atoms with E-state index < -0.39 is 28.9 Å². The fraction of sp³-hybridized carbons (Fsp3) is 0.357. The number of carbonyl (C=O) groups excluding carboxylic acids is 1. The monoisotopic (exact) mass is 338 g/mol. The average molecular weight is 338 g/mol. The van der Waals surface area contributed by atoms with Crippen molar-refractivity contribution in [2.24, 2.45) is 0 Å². The van der Waals surface area contributed by atoms with Gasteiger partial charge < -0.3 is 5.32 Å². The number of hydrogen-bond acceptors (Lipinski definition) is 5. The molecule has 24 heavy (non-hydrogen) atoms. The first-order chi connectivity index (χ1) is 11.1. The van der Waals surface area contributed by atoms with Crippen molar-refractivity contribution in [3.8, 4) is 6.07 Å². The van der Waals surface area contributed by atoms with E-state index in [1.165, 1.54) is 30.9 Å². The van der Waals surface area contributed by atoms with E-state index in [4.69, 9.17) is 5.26 Å². The first-order valence-electron chi connectivity index (χ1n) is 6.73. The lowest BCUT2D eigenvalue weighted by Gasteiger charge is -2.23. The van der Waals surface area contributed by atoms with E-state index in [1.54, 1.807) is 6.92 Å². The summed E-state index contributed by atoms with van der Waals surface area (Å²) in [4.78, 5) is 19.7. The molecule has 10 heteroatoms. The number of aromatic nitrogens is 4. The largest absolute Gasteiger partial charge is 0.419 e. The molecule has 0 fully saturated rings. The average Bonchev–Trinajstić information content (AvgIpc) is 2.93. The van der Waals surface area contributed by atoms with Crippen LogP contribution in [0.2, 0.25) is 0 Å². The van der Waals surface area contributed by atoms with E-state index in [2.05, 4.69) is 20.4 Å². The van der Waals surface area contributed by atoms with E-state index in [1.807, 2.05) is 0 Å². The van der Waals surface area contributed by atoms with Gasteiger partial charge >= 0.3 is 6.18 Å². The quantitative estimate of drug-likeness (QED) is 0.926. The number of nitrogens with one attached hydrogen (secondary N) is 1. The molecule has 0 bridgehead atoms. The first kappa shape index (κ1) is 17.4. The number of pyridine rings is 1. The number of nitriles is 1. The second kappa shape index (κ2) is 5.92. The third-order valence-corrected chi connectivity index (χ3v) is 3.29. The normalized spacial score (nSPS) is 11.9. The Bertz CT molecular complexity index is 819. The van der Waals surface area contributed by atoms with E-state index in [-0.39, 0.29) is 5.69 Å². The number of alkyl halides is 3. The van der Waals surface area contributed by atoms with Gasteiger partial charge in [-0.15, -0.1) is 0 Å². The molecule has 0 aromatic carbocycles. The summed E-state index contributed by atoms with van der Waals surface area (Å²) in [6, 6.07) is 2.05. The predicted octanol–water partition coefficient (Wildman–Crippen LogP) is 2.25. The molecule has 0 saturated carbocycles. The van der Waals surface area contributed by atoms with Crippen LogP contribution in [-0.4, -0.2) is 25.7 Å². The van der Waals surface area contributed by atoms with Crippen molar-refractivity contribution in [1.82, 2.24) is 19.7 Å². The molecule has 1 N–H and O–H groups in total. The Morgan fingerprint density at radius 2 is 2.00 bits per heavy atom. The molecule has 0 aliphatic rings. The maximum absolute atomic E-state index is 12.9. The Morgan fingerprint density at radius 1 is 1.33 bits per heavy atom. The summed E-state index contributed by atoms with van der Waals surface area (Å²) in [7, 11) is 0. The fourth-order valence-electron chi connectivity index (χ4n) is 1.84. The molecule has 0 saturated heterocycles. The minimum Gasteiger partial charge on any atom is -0.323 e. The van der Waals surface area contributed by atoms with Gasteiger partial charge in [-0.1, -0.05) is 0 Å². The van der Waals surface area contributed by atoms with Gasteiger partial charge in [0.15, 0.2) is 5.69 Å². The number of nitrogens with zero attached hydrogens (tertiary/aromatic N) is 5. The number of anilines is 1. The topological polar surface area (TPSA) is 96.5 Å². The minimum atomic E-state index is -4.75. The van der Waals surface area contributed by atoms with Crippen LogP contribution in [0.4, 0.5) is 18.9 Å². The number of rotatable bonds is 3. The van der Waals surface area contributed by atoms with Gasteiger partial charge in [0.2, 0.25) is 0 Å². The van der Waals surface area contributed by atoms with Crippen LogP contribution in [0, 0.1) is 18.3 Å². The maximum atomic E-state index is 12.9. The lowest BCUT2D eigenvalue weighted by atomic mass is 10.0. The summed E-state index contributed by atoms with van der Waals surface area (Å²) in [6.45, 7) is 4.72. The summed E-state index contributed by atoms with van der Waals surface area (Å²) < 4.78 is 40.1. The Kier molecular flexibility index (Phi) is 4.29. The van der Waals surface area contributed by atoms with Crippen LogP contribution in [0.5, 0.6) is 0 Å². The lowest BCUT2D eigenvalue weighted by Crippen LogP contribution is -2.40. The van der Waals surface area contributed by atoms with Crippen LogP contribution in [-0.2, 0) is 16.5 Å². The zero-order chi connectivity index (χ0) is 18.1. The molecule has 0 aliphatic heterocycles. The van der Waals surface area contributed by atoms with Crippen LogP contribution in [0.1, 0.15) is 30.9 Å². The molecule has 2 aromatic heterocycles. The molecule has 126 valence electrons. The van der Waals surface area contributed by atoms with Crippen LogP contribution in [0.15, 0.2) is 18.6 Å². The first-order valence-corrected chi connectivity index (χ1v) is 6.73. The van der Waals surface area contributed by atoms with Crippen LogP contribution >= 0.6 is 0 Å². The van der Waals surface area contributed by atoms with Gasteiger partial charge in [-0.25, -0.2) is 14.6 Å². The Balaban J connectivity index is 2.31. The molecule has 1 amide bonds.